The van der Waals surface area contributed by atoms with Gasteiger partial charge < -0.3 is 10.4 Å². The maximum atomic E-state index is 10.4. The Morgan fingerprint density at radius 1 is 1.53 bits per heavy atom. The predicted molar refractivity (Wildman–Crippen MR) is 58.6 cm³/mol. The van der Waals surface area contributed by atoms with Crippen molar-refractivity contribution in [1.29, 1.82) is 0 Å². The Morgan fingerprint density at radius 3 is 3.13 bits per heavy atom. The quantitative estimate of drug-likeness (QED) is 0.744. The van der Waals surface area contributed by atoms with Gasteiger partial charge in [0, 0.05) is 19.7 Å². The Balaban J connectivity index is 2.02. The van der Waals surface area contributed by atoms with E-state index in [0.29, 0.717) is 6.42 Å². The minimum absolute atomic E-state index is 0.558. The first-order chi connectivity index (χ1) is 7.18. The lowest BCUT2D eigenvalue weighted by molar-refractivity contribution is 0.0274. The molecule has 0 bridgehead atoms. The van der Waals surface area contributed by atoms with E-state index in [4.69, 9.17) is 0 Å². The highest BCUT2D eigenvalue weighted by molar-refractivity contribution is 5.04. The maximum absolute atomic E-state index is 10.4. The molecule has 1 aliphatic rings. The number of rotatable bonds is 2. The van der Waals surface area contributed by atoms with Crippen molar-refractivity contribution in [1.82, 2.24) is 15.1 Å². The fourth-order valence-corrected chi connectivity index (χ4v) is 2.18. The van der Waals surface area contributed by atoms with Crippen molar-refractivity contribution in [3.05, 3.63) is 18.0 Å². The minimum Gasteiger partial charge on any atom is -0.389 e. The molecule has 0 aromatic carbocycles. The summed E-state index contributed by atoms with van der Waals surface area (Å²) < 4.78 is 1.79. The number of aryl methyl sites for hydroxylation is 1. The normalized spacial score (nSPS) is 27.6. The Bertz CT molecular complexity index is 313. The van der Waals surface area contributed by atoms with Crippen molar-refractivity contribution in [2.24, 2.45) is 7.05 Å². The van der Waals surface area contributed by atoms with Gasteiger partial charge in [0.25, 0.3) is 0 Å². The molecular weight excluding hydrogens is 190 g/mol. The van der Waals surface area contributed by atoms with Crippen LogP contribution in [0.1, 0.15) is 25.0 Å². The summed E-state index contributed by atoms with van der Waals surface area (Å²) in [4.78, 5) is 0. The lowest BCUT2D eigenvalue weighted by Gasteiger charge is -2.25. The largest absolute Gasteiger partial charge is 0.389 e. The van der Waals surface area contributed by atoms with Gasteiger partial charge in [-0.2, -0.15) is 5.10 Å². The van der Waals surface area contributed by atoms with E-state index in [9.17, 15) is 5.11 Å². The van der Waals surface area contributed by atoms with E-state index >= 15 is 0 Å². The summed E-state index contributed by atoms with van der Waals surface area (Å²) in [5, 5.41) is 18.0. The number of nitrogens with zero attached hydrogens (tertiary/aromatic N) is 2. The summed E-state index contributed by atoms with van der Waals surface area (Å²) in [6, 6.07) is 1.98. The summed E-state index contributed by atoms with van der Waals surface area (Å²) in [6.45, 7) is 1.92. The van der Waals surface area contributed by atoms with E-state index in [2.05, 4.69) is 10.4 Å². The van der Waals surface area contributed by atoms with E-state index in [1.54, 1.807) is 4.68 Å². The molecule has 0 radical (unpaired) electrons. The zero-order valence-electron chi connectivity index (χ0n) is 9.24. The summed E-state index contributed by atoms with van der Waals surface area (Å²) >= 11 is 0. The van der Waals surface area contributed by atoms with Gasteiger partial charge in [-0.3, -0.25) is 4.68 Å². The van der Waals surface area contributed by atoms with Crippen molar-refractivity contribution >= 4 is 0 Å². The summed E-state index contributed by atoms with van der Waals surface area (Å²) in [5.41, 5.74) is 0.430. The van der Waals surface area contributed by atoms with Crippen LogP contribution in [0.5, 0.6) is 0 Å². The highest BCUT2D eigenvalue weighted by Gasteiger charge is 2.28. The second-order valence-electron chi connectivity index (χ2n) is 4.49. The molecule has 1 saturated heterocycles. The standard InChI is InChI=1S/C11H19N3O/c1-14-8-3-10(13-14)9-11(15)4-2-6-12-7-5-11/h3,8,12,15H,2,4-7,9H2,1H3. The van der Waals surface area contributed by atoms with Crippen molar-refractivity contribution in [2.75, 3.05) is 13.1 Å². The zero-order valence-corrected chi connectivity index (χ0v) is 9.24. The van der Waals surface area contributed by atoms with Gasteiger partial charge in [-0.15, -0.1) is 0 Å². The van der Waals surface area contributed by atoms with Crippen LogP contribution in [0.2, 0.25) is 0 Å². The van der Waals surface area contributed by atoms with Gasteiger partial charge in [0.05, 0.1) is 11.3 Å². The first-order valence-corrected chi connectivity index (χ1v) is 5.60. The molecule has 0 aliphatic carbocycles. The number of hydrogen-bond donors (Lipinski definition) is 2. The fourth-order valence-electron chi connectivity index (χ4n) is 2.18. The summed E-state index contributed by atoms with van der Waals surface area (Å²) in [7, 11) is 1.90. The van der Waals surface area contributed by atoms with Crippen molar-refractivity contribution in [3.63, 3.8) is 0 Å². The molecule has 4 heteroatoms. The van der Waals surface area contributed by atoms with Gasteiger partial charge in [0.2, 0.25) is 0 Å². The third-order valence-corrected chi connectivity index (χ3v) is 3.04. The van der Waals surface area contributed by atoms with Crippen LogP contribution in [-0.4, -0.2) is 33.6 Å². The summed E-state index contributed by atoms with van der Waals surface area (Å²) in [6.07, 6.45) is 5.34. The van der Waals surface area contributed by atoms with Crippen LogP contribution in [0.3, 0.4) is 0 Å². The van der Waals surface area contributed by atoms with Crippen LogP contribution in [-0.2, 0) is 13.5 Å². The molecule has 0 saturated carbocycles. The second-order valence-corrected chi connectivity index (χ2v) is 4.49. The van der Waals surface area contributed by atoms with Gasteiger partial charge in [-0.1, -0.05) is 0 Å². The summed E-state index contributed by atoms with van der Waals surface area (Å²) in [5.74, 6) is 0. The van der Waals surface area contributed by atoms with Gasteiger partial charge in [-0.05, 0) is 38.4 Å². The average molecular weight is 209 g/mol. The average Bonchev–Trinajstić information content (AvgIpc) is 2.46. The topological polar surface area (TPSA) is 50.1 Å². The van der Waals surface area contributed by atoms with Gasteiger partial charge >= 0.3 is 0 Å². The Morgan fingerprint density at radius 2 is 2.40 bits per heavy atom. The zero-order chi connectivity index (χ0) is 10.7. The maximum Gasteiger partial charge on any atom is 0.0716 e. The van der Waals surface area contributed by atoms with E-state index in [0.717, 1.165) is 38.0 Å². The van der Waals surface area contributed by atoms with Crippen LogP contribution in [0.15, 0.2) is 12.3 Å². The molecule has 1 aliphatic heterocycles. The molecule has 1 unspecified atom stereocenters. The van der Waals surface area contributed by atoms with Crippen LogP contribution < -0.4 is 5.32 Å². The molecule has 4 nitrogen and oxygen atoms in total. The van der Waals surface area contributed by atoms with Crippen molar-refractivity contribution in [3.8, 4) is 0 Å². The molecular formula is C11H19N3O. The molecule has 0 spiro atoms. The Labute approximate surface area is 90.3 Å². The highest BCUT2D eigenvalue weighted by Crippen LogP contribution is 2.23. The van der Waals surface area contributed by atoms with Gasteiger partial charge in [0.15, 0.2) is 0 Å². The third kappa shape index (κ3) is 2.79. The van der Waals surface area contributed by atoms with Crippen LogP contribution in [0.25, 0.3) is 0 Å². The van der Waals surface area contributed by atoms with E-state index in [-0.39, 0.29) is 0 Å². The van der Waals surface area contributed by atoms with E-state index < -0.39 is 5.60 Å². The molecule has 2 N–H and O–H groups in total. The third-order valence-electron chi connectivity index (χ3n) is 3.04. The van der Waals surface area contributed by atoms with Crippen LogP contribution >= 0.6 is 0 Å². The number of hydrogen-bond acceptors (Lipinski definition) is 3. The molecule has 1 fully saturated rings. The smallest absolute Gasteiger partial charge is 0.0716 e. The molecule has 84 valence electrons. The van der Waals surface area contributed by atoms with Gasteiger partial charge in [-0.25, -0.2) is 0 Å². The second kappa shape index (κ2) is 4.33. The minimum atomic E-state index is -0.558. The molecule has 2 rings (SSSR count). The molecule has 1 atom stereocenters. The first-order valence-electron chi connectivity index (χ1n) is 5.60. The molecule has 0 amide bonds. The van der Waals surface area contributed by atoms with Crippen molar-refractivity contribution < 1.29 is 5.11 Å². The number of nitrogens with one attached hydrogen (secondary N) is 1. The number of aromatic nitrogens is 2. The van der Waals surface area contributed by atoms with E-state index in [1.807, 2.05) is 19.3 Å². The van der Waals surface area contributed by atoms with Crippen molar-refractivity contribution in [2.45, 2.75) is 31.3 Å². The molecule has 15 heavy (non-hydrogen) atoms. The lowest BCUT2D eigenvalue weighted by atomic mass is 9.90. The fraction of sp³-hybridized carbons (Fsp3) is 0.727. The van der Waals surface area contributed by atoms with E-state index in [1.165, 1.54) is 0 Å². The number of aliphatic hydroxyl groups is 1. The SMILES string of the molecule is Cn1ccc(CC2(O)CCCNCC2)n1. The monoisotopic (exact) mass is 209 g/mol. The Kier molecular flexibility index (Phi) is 3.07. The predicted octanol–water partition coefficient (Wildman–Crippen LogP) is 0.467. The Hall–Kier alpha value is -0.870. The van der Waals surface area contributed by atoms with Gasteiger partial charge in [0.1, 0.15) is 0 Å². The first kappa shape index (κ1) is 10.6. The lowest BCUT2D eigenvalue weighted by Crippen LogP contribution is -2.32. The van der Waals surface area contributed by atoms with Crippen LogP contribution in [0.4, 0.5) is 0 Å². The molecule has 1 aromatic heterocycles. The highest BCUT2D eigenvalue weighted by atomic mass is 16.3. The van der Waals surface area contributed by atoms with Crippen LogP contribution in [0, 0.1) is 0 Å². The molecule has 1 aromatic rings. The molecule has 2 heterocycles.